The van der Waals surface area contributed by atoms with Gasteiger partial charge in [-0.1, -0.05) is 55.5 Å². The molecule has 1 aromatic heterocycles. The van der Waals surface area contributed by atoms with Gasteiger partial charge in [0.2, 0.25) is 5.91 Å². The van der Waals surface area contributed by atoms with Crippen LogP contribution in [0.1, 0.15) is 24.7 Å². The van der Waals surface area contributed by atoms with Crippen molar-refractivity contribution in [3.8, 4) is 0 Å². The summed E-state index contributed by atoms with van der Waals surface area (Å²) in [6.07, 6.45) is 2.35. The predicted molar refractivity (Wildman–Crippen MR) is 117 cm³/mol. The zero-order valence-electron chi connectivity index (χ0n) is 17.2. The van der Waals surface area contributed by atoms with Crippen molar-refractivity contribution >= 4 is 17.6 Å². The molecule has 0 saturated heterocycles. The Kier molecular flexibility index (Phi) is 7.66. The normalized spacial score (nSPS) is 10.4. The van der Waals surface area contributed by atoms with E-state index in [-0.39, 0.29) is 18.5 Å². The molecule has 3 amide bonds. The number of carbonyl (C=O) groups excluding carboxylic acids is 2. The van der Waals surface area contributed by atoms with Gasteiger partial charge in [-0.25, -0.2) is 4.79 Å². The fourth-order valence-electron chi connectivity index (χ4n) is 3.14. The first-order chi connectivity index (χ1) is 14.7. The highest BCUT2D eigenvalue weighted by Crippen LogP contribution is 2.13. The molecule has 0 fully saturated rings. The number of urea groups is 1. The van der Waals surface area contributed by atoms with Gasteiger partial charge in [-0.05, 0) is 36.2 Å². The monoisotopic (exact) mass is 405 g/mol. The van der Waals surface area contributed by atoms with Gasteiger partial charge in [-0.15, -0.1) is 0 Å². The lowest BCUT2D eigenvalue weighted by molar-refractivity contribution is -0.133. The molecule has 1 heterocycles. The summed E-state index contributed by atoms with van der Waals surface area (Å²) in [5.74, 6) is 0.571. The fraction of sp³-hybridized carbons (Fsp3) is 0.250. The summed E-state index contributed by atoms with van der Waals surface area (Å²) in [6.45, 7) is 3.27. The largest absolute Gasteiger partial charge is 0.467 e. The molecule has 0 aliphatic rings. The van der Waals surface area contributed by atoms with Crippen LogP contribution < -0.4 is 5.32 Å². The molecule has 3 rings (SSSR count). The van der Waals surface area contributed by atoms with Gasteiger partial charge in [0.05, 0.1) is 12.8 Å². The Hall–Kier alpha value is -3.54. The summed E-state index contributed by atoms with van der Waals surface area (Å²) >= 11 is 0. The van der Waals surface area contributed by atoms with Crippen molar-refractivity contribution in [2.45, 2.75) is 26.4 Å². The number of hydrogen-bond donors (Lipinski definition) is 1. The molecule has 0 bridgehead atoms. The first-order valence-corrected chi connectivity index (χ1v) is 10.1. The summed E-state index contributed by atoms with van der Waals surface area (Å²) in [4.78, 5) is 29.2. The number of nitrogens with zero attached hydrogens (tertiary/aromatic N) is 2. The van der Waals surface area contributed by atoms with Crippen molar-refractivity contribution in [2.75, 3.05) is 18.4 Å². The second-order valence-corrected chi connectivity index (χ2v) is 7.03. The molecular weight excluding hydrogens is 378 g/mol. The number of amides is 3. The molecule has 1 N–H and O–H groups in total. The van der Waals surface area contributed by atoms with Crippen LogP contribution >= 0.6 is 0 Å². The van der Waals surface area contributed by atoms with E-state index in [2.05, 4.69) is 5.32 Å². The summed E-state index contributed by atoms with van der Waals surface area (Å²) in [6, 6.07) is 22.4. The molecule has 0 saturated carbocycles. The van der Waals surface area contributed by atoms with E-state index in [0.29, 0.717) is 31.1 Å². The van der Waals surface area contributed by atoms with Crippen LogP contribution in [-0.2, 0) is 17.9 Å². The minimum atomic E-state index is -0.283. The minimum absolute atomic E-state index is 0.0000487. The maximum atomic E-state index is 13.2. The van der Waals surface area contributed by atoms with E-state index in [4.69, 9.17) is 4.42 Å². The fourth-order valence-corrected chi connectivity index (χ4v) is 3.14. The predicted octanol–water partition coefficient (Wildman–Crippen LogP) is 4.75. The first-order valence-electron chi connectivity index (χ1n) is 10.1. The number of nitrogens with one attached hydrogen (secondary N) is 1. The van der Waals surface area contributed by atoms with E-state index >= 15 is 0 Å². The van der Waals surface area contributed by atoms with Gasteiger partial charge < -0.3 is 19.5 Å². The van der Waals surface area contributed by atoms with Crippen molar-refractivity contribution in [2.24, 2.45) is 0 Å². The molecule has 0 atom stereocenters. The Morgan fingerprint density at radius 3 is 2.20 bits per heavy atom. The van der Waals surface area contributed by atoms with Crippen LogP contribution in [0, 0.1) is 0 Å². The summed E-state index contributed by atoms with van der Waals surface area (Å²) in [7, 11) is 0. The van der Waals surface area contributed by atoms with Gasteiger partial charge in [0, 0.05) is 18.8 Å². The molecule has 156 valence electrons. The Labute approximate surface area is 177 Å². The highest BCUT2D eigenvalue weighted by Gasteiger charge is 2.22. The highest BCUT2D eigenvalue weighted by atomic mass is 16.3. The van der Waals surface area contributed by atoms with Crippen LogP contribution in [0.4, 0.5) is 10.5 Å². The number of hydrogen-bond acceptors (Lipinski definition) is 3. The standard InChI is InChI=1S/C24H27N3O3/c1-2-15-26(24(29)25-21-12-7-4-8-13-21)19-23(28)27(18-22-14-9-16-30-22)17-20-10-5-3-6-11-20/h3-14,16H,2,15,17-19H2,1H3,(H,25,29). The first kappa shape index (κ1) is 21.2. The third kappa shape index (κ3) is 6.24. The van der Waals surface area contributed by atoms with Gasteiger partial charge >= 0.3 is 6.03 Å². The smallest absolute Gasteiger partial charge is 0.322 e. The average Bonchev–Trinajstić information content (AvgIpc) is 3.27. The Balaban J connectivity index is 1.71. The maximum absolute atomic E-state index is 13.2. The quantitative estimate of drug-likeness (QED) is 0.559. The van der Waals surface area contributed by atoms with Crippen molar-refractivity contribution in [3.05, 3.63) is 90.4 Å². The number of rotatable bonds is 9. The molecule has 0 spiro atoms. The average molecular weight is 405 g/mol. The Morgan fingerprint density at radius 2 is 1.57 bits per heavy atom. The molecule has 2 aromatic carbocycles. The van der Waals surface area contributed by atoms with Crippen LogP contribution in [0.3, 0.4) is 0 Å². The summed E-state index contributed by atoms with van der Waals surface area (Å²) < 4.78 is 5.44. The van der Waals surface area contributed by atoms with Gasteiger partial charge in [0.15, 0.2) is 0 Å². The van der Waals surface area contributed by atoms with Gasteiger partial charge in [-0.3, -0.25) is 4.79 Å². The molecule has 30 heavy (non-hydrogen) atoms. The highest BCUT2D eigenvalue weighted by molar-refractivity contribution is 5.92. The van der Waals surface area contributed by atoms with Crippen molar-refractivity contribution < 1.29 is 14.0 Å². The number of anilines is 1. The molecule has 6 nitrogen and oxygen atoms in total. The van der Waals surface area contributed by atoms with Crippen molar-refractivity contribution in [1.82, 2.24) is 9.80 Å². The number of benzene rings is 2. The topological polar surface area (TPSA) is 65.8 Å². The maximum Gasteiger partial charge on any atom is 0.322 e. The van der Waals surface area contributed by atoms with Gasteiger partial charge in [-0.2, -0.15) is 0 Å². The molecule has 3 aromatic rings. The molecule has 0 aliphatic heterocycles. The summed E-state index contributed by atoms with van der Waals surface area (Å²) in [5, 5.41) is 2.86. The van der Waals surface area contributed by atoms with Crippen LogP contribution in [0.5, 0.6) is 0 Å². The van der Waals surface area contributed by atoms with Gasteiger partial charge in [0.1, 0.15) is 12.3 Å². The molecule has 0 radical (unpaired) electrons. The van der Waals surface area contributed by atoms with Crippen molar-refractivity contribution in [3.63, 3.8) is 0 Å². The SMILES string of the molecule is CCCN(CC(=O)N(Cc1ccccc1)Cc1ccco1)C(=O)Nc1ccccc1. The summed E-state index contributed by atoms with van der Waals surface area (Å²) in [5.41, 5.74) is 1.72. The van der Waals surface area contributed by atoms with E-state index in [1.54, 1.807) is 22.1 Å². The molecule has 0 aliphatic carbocycles. The third-order valence-corrected chi connectivity index (χ3v) is 4.63. The van der Waals surface area contributed by atoms with Crippen LogP contribution in [-0.4, -0.2) is 34.8 Å². The Morgan fingerprint density at radius 1 is 0.867 bits per heavy atom. The lowest BCUT2D eigenvalue weighted by atomic mass is 10.2. The zero-order chi connectivity index (χ0) is 21.2. The van der Waals surface area contributed by atoms with Gasteiger partial charge in [0.25, 0.3) is 0 Å². The van der Waals surface area contributed by atoms with E-state index in [0.717, 1.165) is 12.0 Å². The lowest BCUT2D eigenvalue weighted by Crippen LogP contribution is -2.44. The Bertz CT molecular complexity index is 911. The number of furan rings is 1. The lowest BCUT2D eigenvalue weighted by Gasteiger charge is -2.27. The second-order valence-electron chi connectivity index (χ2n) is 7.03. The minimum Gasteiger partial charge on any atom is -0.467 e. The van der Waals surface area contributed by atoms with E-state index in [9.17, 15) is 9.59 Å². The van der Waals surface area contributed by atoms with E-state index in [1.165, 1.54) is 0 Å². The molecule has 0 unspecified atom stereocenters. The second kappa shape index (κ2) is 10.9. The van der Waals surface area contributed by atoms with Crippen LogP contribution in [0.25, 0.3) is 0 Å². The van der Waals surface area contributed by atoms with Crippen molar-refractivity contribution in [1.29, 1.82) is 0 Å². The molecular formula is C24H27N3O3. The van der Waals surface area contributed by atoms with E-state index < -0.39 is 0 Å². The molecule has 6 heteroatoms. The van der Waals surface area contributed by atoms with E-state index in [1.807, 2.05) is 73.7 Å². The number of para-hydroxylation sites is 1. The van der Waals surface area contributed by atoms with Crippen LogP contribution in [0.15, 0.2) is 83.5 Å². The third-order valence-electron chi connectivity index (χ3n) is 4.63. The van der Waals surface area contributed by atoms with Crippen LogP contribution in [0.2, 0.25) is 0 Å². The number of carbonyl (C=O) groups is 2. The zero-order valence-corrected chi connectivity index (χ0v) is 17.2.